The van der Waals surface area contributed by atoms with Gasteiger partial charge in [0.15, 0.2) is 0 Å². The van der Waals surface area contributed by atoms with Gasteiger partial charge in [-0.3, -0.25) is 0 Å². The average Bonchev–Trinajstić information content (AvgIpc) is 2.75. The molecule has 0 saturated heterocycles. The van der Waals surface area contributed by atoms with E-state index in [1.807, 2.05) is 0 Å². The van der Waals surface area contributed by atoms with Gasteiger partial charge in [-0.2, -0.15) is 0 Å². The maximum atomic E-state index is 6.38. The Balaban J connectivity index is 2.16. The molecule has 3 rings (SSSR count). The molecule has 27 heavy (non-hydrogen) atoms. The third-order valence-corrected chi connectivity index (χ3v) is 14.2. The number of benzene rings is 3. The van der Waals surface area contributed by atoms with Crippen LogP contribution < -0.4 is 15.9 Å². The van der Waals surface area contributed by atoms with Gasteiger partial charge in [0.2, 0.25) is 0 Å². The summed E-state index contributed by atoms with van der Waals surface area (Å²) < 4.78 is 6.38. The van der Waals surface area contributed by atoms with E-state index < -0.39 is 5.31 Å². The molecule has 0 aliphatic carbocycles. The van der Waals surface area contributed by atoms with Crippen LogP contribution in [-0.2, 0) is 4.74 Å². The second-order valence-corrected chi connectivity index (χ2v) is 15.8. The zero-order chi connectivity index (χ0) is 19.0. The molecule has 0 N–H and O–H groups in total. The van der Waals surface area contributed by atoms with E-state index in [1.165, 1.54) is 28.8 Å². The van der Waals surface area contributed by atoms with Crippen LogP contribution in [0.4, 0.5) is 0 Å². The summed E-state index contributed by atoms with van der Waals surface area (Å²) >= 11 is 4.39. The van der Waals surface area contributed by atoms with Gasteiger partial charge in [0, 0.05) is 0 Å². The van der Waals surface area contributed by atoms with Crippen LogP contribution in [0, 0.1) is 0 Å². The third-order valence-electron chi connectivity index (χ3n) is 5.11. The van der Waals surface area contributed by atoms with Crippen molar-refractivity contribution in [1.82, 2.24) is 0 Å². The first kappa shape index (κ1) is 20.3. The van der Waals surface area contributed by atoms with E-state index in [1.54, 1.807) is 0 Å². The Kier molecular flexibility index (Phi) is 6.87. The molecular weight excluding hydrogens is 415 g/mol. The van der Waals surface area contributed by atoms with Crippen LogP contribution >= 0.6 is 20.8 Å². The summed E-state index contributed by atoms with van der Waals surface area (Å²) in [7, 11) is 0. The van der Waals surface area contributed by atoms with Gasteiger partial charge in [-0.15, -0.1) is 0 Å². The van der Waals surface area contributed by atoms with Crippen LogP contribution in [0.1, 0.15) is 26.2 Å². The second-order valence-electron chi connectivity index (χ2n) is 6.93. The fourth-order valence-electron chi connectivity index (χ4n) is 3.58. The van der Waals surface area contributed by atoms with Crippen LogP contribution in [0.5, 0.6) is 0 Å². The van der Waals surface area contributed by atoms with Crippen LogP contribution in [0.2, 0.25) is 0 Å². The van der Waals surface area contributed by atoms with E-state index in [0.717, 1.165) is 13.0 Å². The SMILES string of the molecule is CCCCCOCP(Br)(c1ccccc1)(c1ccccc1)c1ccccc1. The van der Waals surface area contributed by atoms with Crippen molar-refractivity contribution in [2.75, 3.05) is 13.0 Å². The zero-order valence-corrected chi connectivity index (χ0v) is 18.4. The van der Waals surface area contributed by atoms with Gasteiger partial charge in [0.1, 0.15) is 0 Å². The second kappa shape index (κ2) is 9.15. The van der Waals surface area contributed by atoms with Crippen molar-refractivity contribution in [3.63, 3.8) is 0 Å². The Hall–Kier alpha value is -1.47. The Bertz CT molecular complexity index is 721. The molecule has 0 atom stereocenters. The van der Waals surface area contributed by atoms with E-state index in [2.05, 4.69) is 113 Å². The third kappa shape index (κ3) is 4.04. The first-order valence-corrected chi connectivity index (χ1v) is 14.1. The predicted octanol–water partition coefficient (Wildman–Crippen LogP) is 5.99. The molecule has 0 amide bonds. The quantitative estimate of drug-likeness (QED) is 0.292. The molecule has 0 fully saturated rings. The van der Waals surface area contributed by atoms with Crippen LogP contribution in [0.15, 0.2) is 91.0 Å². The summed E-state index contributed by atoms with van der Waals surface area (Å²) in [6, 6.07) is 32.4. The molecule has 0 spiro atoms. The van der Waals surface area contributed by atoms with Gasteiger partial charge >= 0.3 is 172 Å². The van der Waals surface area contributed by atoms with E-state index in [0.29, 0.717) is 6.35 Å². The van der Waals surface area contributed by atoms with Crippen molar-refractivity contribution in [1.29, 1.82) is 0 Å². The number of hydrogen-bond acceptors (Lipinski definition) is 1. The van der Waals surface area contributed by atoms with Crippen molar-refractivity contribution >= 4 is 36.7 Å². The molecule has 0 aliphatic rings. The number of halogens is 1. The maximum absolute atomic E-state index is 6.38. The number of ether oxygens (including phenoxy) is 1. The summed E-state index contributed by atoms with van der Waals surface area (Å²) in [6.07, 6.45) is 4.18. The van der Waals surface area contributed by atoms with Crippen molar-refractivity contribution in [3.8, 4) is 0 Å². The minimum atomic E-state index is -2.90. The van der Waals surface area contributed by atoms with Crippen LogP contribution in [0.25, 0.3) is 0 Å². The molecule has 0 unspecified atom stereocenters. The zero-order valence-electron chi connectivity index (χ0n) is 15.9. The van der Waals surface area contributed by atoms with Gasteiger partial charge in [-0.05, 0) is 0 Å². The Labute approximate surface area is 171 Å². The van der Waals surface area contributed by atoms with Crippen LogP contribution in [-0.4, -0.2) is 13.0 Å². The molecule has 3 aromatic carbocycles. The van der Waals surface area contributed by atoms with Gasteiger partial charge in [0.25, 0.3) is 0 Å². The fourth-order valence-corrected chi connectivity index (χ4v) is 10.3. The summed E-state index contributed by atoms with van der Waals surface area (Å²) in [6.45, 7) is 3.02. The topological polar surface area (TPSA) is 9.23 Å². The van der Waals surface area contributed by atoms with Crippen LogP contribution in [0.3, 0.4) is 0 Å². The molecule has 0 heterocycles. The standard InChI is InChI=1S/C24H28BrOP/c1-2-3-13-20-26-21-27(25,22-14-7-4-8-15-22,23-16-9-5-10-17-23)24-18-11-6-12-19-24/h4-12,14-19H,2-3,13,20-21H2,1H3. The number of rotatable bonds is 9. The molecule has 0 radical (unpaired) electrons. The van der Waals surface area contributed by atoms with Gasteiger partial charge in [-0.25, -0.2) is 0 Å². The summed E-state index contributed by atoms with van der Waals surface area (Å²) in [4.78, 5) is 0. The first-order valence-electron chi connectivity index (χ1n) is 9.67. The van der Waals surface area contributed by atoms with Crippen molar-refractivity contribution in [2.45, 2.75) is 26.2 Å². The number of unbranched alkanes of at least 4 members (excludes halogenated alkanes) is 2. The monoisotopic (exact) mass is 442 g/mol. The molecule has 3 heteroatoms. The van der Waals surface area contributed by atoms with E-state index >= 15 is 0 Å². The molecule has 0 aromatic heterocycles. The predicted molar refractivity (Wildman–Crippen MR) is 124 cm³/mol. The Morgan fingerprint density at radius 3 is 1.44 bits per heavy atom. The summed E-state index contributed by atoms with van der Waals surface area (Å²) in [5.74, 6) is 0. The van der Waals surface area contributed by atoms with Crippen molar-refractivity contribution in [2.24, 2.45) is 0 Å². The van der Waals surface area contributed by atoms with Crippen molar-refractivity contribution in [3.05, 3.63) is 91.0 Å². The van der Waals surface area contributed by atoms with E-state index in [-0.39, 0.29) is 0 Å². The Morgan fingerprint density at radius 1 is 0.667 bits per heavy atom. The molecule has 142 valence electrons. The van der Waals surface area contributed by atoms with E-state index in [4.69, 9.17) is 4.74 Å². The molecule has 1 nitrogen and oxygen atoms in total. The van der Waals surface area contributed by atoms with Crippen molar-refractivity contribution < 1.29 is 4.74 Å². The van der Waals surface area contributed by atoms with Gasteiger partial charge < -0.3 is 0 Å². The minimum absolute atomic E-state index is 0.660. The fraction of sp³-hybridized carbons (Fsp3) is 0.250. The molecule has 0 saturated carbocycles. The average molecular weight is 443 g/mol. The summed E-state index contributed by atoms with van der Waals surface area (Å²) in [5, 5.41) is 1.00. The molecular formula is C24H28BrOP. The summed E-state index contributed by atoms with van der Waals surface area (Å²) in [5.41, 5.74) is 0. The molecule has 0 aliphatic heterocycles. The molecule has 0 bridgehead atoms. The van der Waals surface area contributed by atoms with Gasteiger partial charge in [-0.1, -0.05) is 0 Å². The number of hydrogen-bond donors (Lipinski definition) is 0. The first-order chi connectivity index (χ1) is 13.2. The molecule has 3 aromatic rings. The van der Waals surface area contributed by atoms with E-state index in [9.17, 15) is 0 Å². The Morgan fingerprint density at radius 2 is 1.07 bits per heavy atom. The van der Waals surface area contributed by atoms with Gasteiger partial charge in [0.05, 0.1) is 0 Å². The normalized spacial score (nSPS) is 13.0.